The molecular formula is C11H10BrNOS. The Bertz CT molecular complexity index is 441. The predicted molar refractivity (Wildman–Crippen MR) is 65.6 cm³/mol. The molecule has 1 heterocycles. The van der Waals surface area contributed by atoms with Gasteiger partial charge >= 0.3 is 0 Å². The number of nitrogens with zero attached hydrogens (tertiary/aromatic N) is 1. The lowest BCUT2D eigenvalue weighted by Crippen LogP contribution is -1.86. The molecule has 0 N–H and O–H groups in total. The highest BCUT2D eigenvalue weighted by Gasteiger charge is 2.11. The van der Waals surface area contributed by atoms with Crippen LogP contribution < -0.4 is 4.74 Å². The topological polar surface area (TPSA) is 22.1 Å². The summed E-state index contributed by atoms with van der Waals surface area (Å²) >= 11 is 4.97. The molecule has 78 valence electrons. The minimum Gasteiger partial charge on any atom is -0.480 e. The molecule has 4 heteroatoms. The first-order valence-electron chi connectivity index (χ1n) is 4.53. The van der Waals surface area contributed by atoms with Crippen LogP contribution in [0, 0.1) is 0 Å². The summed E-state index contributed by atoms with van der Waals surface area (Å²) in [5, 5.41) is 0. The second kappa shape index (κ2) is 4.77. The van der Waals surface area contributed by atoms with Crippen molar-refractivity contribution in [1.29, 1.82) is 0 Å². The minimum absolute atomic E-state index is 0.672. The molecule has 1 aromatic carbocycles. The molecule has 0 fully saturated rings. The van der Waals surface area contributed by atoms with Crippen LogP contribution in [-0.4, -0.2) is 11.5 Å². The molecule has 15 heavy (non-hydrogen) atoms. The summed E-state index contributed by atoms with van der Waals surface area (Å²) in [6.45, 7) is 0. The molecule has 0 aliphatic heterocycles. The number of aromatic nitrogens is 1. The van der Waals surface area contributed by atoms with Gasteiger partial charge in [0, 0.05) is 11.3 Å². The molecule has 0 atom stereocenters. The van der Waals surface area contributed by atoms with Gasteiger partial charge in [-0.05, 0) is 33.0 Å². The van der Waals surface area contributed by atoms with Gasteiger partial charge in [0.2, 0.25) is 5.88 Å². The lowest BCUT2D eigenvalue weighted by molar-refractivity contribution is 0.400. The number of ether oxygens (including phenoxy) is 1. The van der Waals surface area contributed by atoms with Gasteiger partial charge in [-0.3, -0.25) is 0 Å². The summed E-state index contributed by atoms with van der Waals surface area (Å²) in [7, 11) is 1.63. The van der Waals surface area contributed by atoms with E-state index in [9.17, 15) is 0 Å². The number of hydrogen-bond acceptors (Lipinski definition) is 3. The van der Waals surface area contributed by atoms with Gasteiger partial charge in [-0.2, -0.15) is 4.37 Å². The van der Waals surface area contributed by atoms with E-state index in [1.807, 2.05) is 18.2 Å². The van der Waals surface area contributed by atoms with E-state index in [4.69, 9.17) is 4.74 Å². The van der Waals surface area contributed by atoms with Gasteiger partial charge in [-0.25, -0.2) is 0 Å². The minimum atomic E-state index is 0.672. The molecule has 0 aliphatic rings. The first-order valence-corrected chi connectivity index (χ1v) is 6.10. The quantitative estimate of drug-likeness (QED) is 0.860. The Morgan fingerprint density at radius 2 is 2.07 bits per heavy atom. The van der Waals surface area contributed by atoms with Crippen molar-refractivity contribution in [3.05, 3.63) is 45.2 Å². The van der Waals surface area contributed by atoms with Crippen LogP contribution in [0.5, 0.6) is 5.88 Å². The van der Waals surface area contributed by atoms with Crippen molar-refractivity contribution in [3.8, 4) is 5.88 Å². The molecular weight excluding hydrogens is 274 g/mol. The van der Waals surface area contributed by atoms with Gasteiger partial charge in [-0.1, -0.05) is 30.3 Å². The number of methoxy groups -OCH3 is 1. The van der Waals surface area contributed by atoms with Crippen LogP contribution in [0.2, 0.25) is 0 Å². The molecule has 0 radical (unpaired) electrons. The maximum Gasteiger partial charge on any atom is 0.239 e. The van der Waals surface area contributed by atoms with Crippen molar-refractivity contribution < 1.29 is 4.74 Å². The standard InChI is InChI=1S/C11H10BrNOS/c1-14-11-10(12)9(15-13-11)7-8-5-3-2-4-6-8/h2-6H,7H2,1H3. The molecule has 2 nitrogen and oxygen atoms in total. The van der Waals surface area contributed by atoms with E-state index in [0.29, 0.717) is 5.88 Å². The zero-order chi connectivity index (χ0) is 10.7. The maximum absolute atomic E-state index is 5.12. The summed E-state index contributed by atoms with van der Waals surface area (Å²) in [4.78, 5) is 1.19. The third-order valence-electron chi connectivity index (χ3n) is 2.07. The Morgan fingerprint density at radius 3 is 2.67 bits per heavy atom. The van der Waals surface area contributed by atoms with E-state index in [1.54, 1.807) is 7.11 Å². The lowest BCUT2D eigenvalue weighted by Gasteiger charge is -1.98. The van der Waals surface area contributed by atoms with Crippen LogP contribution in [0.4, 0.5) is 0 Å². The highest BCUT2D eigenvalue weighted by atomic mass is 79.9. The Kier molecular flexibility index (Phi) is 3.38. The Morgan fingerprint density at radius 1 is 1.33 bits per heavy atom. The summed E-state index contributed by atoms with van der Waals surface area (Å²) in [6, 6.07) is 10.3. The van der Waals surface area contributed by atoms with Crippen molar-refractivity contribution in [2.75, 3.05) is 7.11 Å². The van der Waals surface area contributed by atoms with Crippen LogP contribution in [0.25, 0.3) is 0 Å². The van der Waals surface area contributed by atoms with E-state index >= 15 is 0 Å². The molecule has 0 spiro atoms. The Hall–Kier alpha value is -0.870. The molecule has 0 aliphatic carbocycles. The van der Waals surface area contributed by atoms with Gasteiger partial charge in [0.15, 0.2) is 0 Å². The fraction of sp³-hybridized carbons (Fsp3) is 0.182. The fourth-order valence-electron chi connectivity index (χ4n) is 1.31. The van der Waals surface area contributed by atoms with Crippen LogP contribution in [0.15, 0.2) is 34.8 Å². The molecule has 0 unspecified atom stereocenters. The lowest BCUT2D eigenvalue weighted by atomic mass is 10.1. The molecule has 0 amide bonds. The second-order valence-corrected chi connectivity index (χ2v) is 4.74. The fourth-order valence-corrected chi connectivity index (χ4v) is 2.80. The van der Waals surface area contributed by atoms with Crippen LogP contribution in [0.3, 0.4) is 0 Å². The molecule has 0 bridgehead atoms. The Labute approximate surface area is 101 Å². The van der Waals surface area contributed by atoms with Gasteiger partial charge < -0.3 is 4.74 Å². The zero-order valence-corrected chi connectivity index (χ0v) is 10.6. The average molecular weight is 284 g/mol. The Balaban J connectivity index is 2.21. The van der Waals surface area contributed by atoms with Crippen molar-refractivity contribution in [2.24, 2.45) is 0 Å². The van der Waals surface area contributed by atoms with E-state index in [2.05, 4.69) is 32.4 Å². The van der Waals surface area contributed by atoms with E-state index in [0.717, 1.165) is 10.9 Å². The van der Waals surface area contributed by atoms with Gasteiger partial charge in [-0.15, -0.1) is 0 Å². The second-order valence-electron chi connectivity index (χ2n) is 3.09. The summed E-state index contributed by atoms with van der Waals surface area (Å²) in [6.07, 6.45) is 0.891. The van der Waals surface area contributed by atoms with Crippen molar-refractivity contribution in [2.45, 2.75) is 6.42 Å². The third kappa shape index (κ3) is 2.38. The van der Waals surface area contributed by atoms with Crippen LogP contribution in [0.1, 0.15) is 10.4 Å². The van der Waals surface area contributed by atoms with E-state index in [1.165, 1.54) is 22.0 Å². The number of benzene rings is 1. The number of hydrogen-bond donors (Lipinski definition) is 0. The molecule has 2 aromatic rings. The molecule has 2 rings (SSSR count). The number of rotatable bonds is 3. The van der Waals surface area contributed by atoms with Gasteiger partial charge in [0.1, 0.15) is 0 Å². The van der Waals surface area contributed by atoms with Crippen molar-refractivity contribution in [1.82, 2.24) is 4.37 Å². The van der Waals surface area contributed by atoms with Crippen molar-refractivity contribution in [3.63, 3.8) is 0 Å². The van der Waals surface area contributed by atoms with Gasteiger partial charge in [0.05, 0.1) is 11.6 Å². The normalized spacial score (nSPS) is 10.3. The summed E-state index contributed by atoms with van der Waals surface area (Å²) < 4.78 is 10.3. The molecule has 0 saturated carbocycles. The predicted octanol–water partition coefficient (Wildman–Crippen LogP) is 3.51. The molecule has 0 saturated heterocycles. The molecule has 1 aromatic heterocycles. The van der Waals surface area contributed by atoms with Crippen LogP contribution >= 0.6 is 27.5 Å². The SMILES string of the molecule is COc1nsc(Cc2ccccc2)c1Br. The highest BCUT2D eigenvalue weighted by Crippen LogP contribution is 2.32. The summed E-state index contributed by atoms with van der Waals surface area (Å²) in [5.41, 5.74) is 1.28. The number of halogens is 1. The van der Waals surface area contributed by atoms with E-state index in [-0.39, 0.29) is 0 Å². The largest absolute Gasteiger partial charge is 0.480 e. The van der Waals surface area contributed by atoms with Crippen molar-refractivity contribution >= 4 is 27.5 Å². The monoisotopic (exact) mass is 283 g/mol. The highest BCUT2D eigenvalue weighted by molar-refractivity contribution is 9.10. The first kappa shape index (κ1) is 10.6. The smallest absolute Gasteiger partial charge is 0.239 e. The zero-order valence-electron chi connectivity index (χ0n) is 8.24. The van der Waals surface area contributed by atoms with Gasteiger partial charge in [0.25, 0.3) is 0 Å². The summed E-state index contributed by atoms with van der Waals surface area (Å²) in [5.74, 6) is 0.672. The average Bonchev–Trinajstić information content (AvgIpc) is 2.62. The maximum atomic E-state index is 5.12. The van der Waals surface area contributed by atoms with Crippen LogP contribution in [-0.2, 0) is 6.42 Å². The first-order chi connectivity index (χ1) is 7.31. The third-order valence-corrected chi connectivity index (χ3v) is 3.98. The van der Waals surface area contributed by atoms with E-state index < -0.39 is 0 Å².